The Balaban J connectivity index is 2.99. The molecule has 0 amide bonds. The van der Waals surface area contributed by atoms with Gasteiger partial charge in [-0.2, -0.15) is 13.2 Å². The average Bonchev–Trinajstić information content (AvgIpc) is 2.14. The molecule has 0 bridgehead atoms. The first-order valence-electron chi connectivity index (χ1n) is 5.88. The van der Waals surface area contributed by atoms with Crippen molar-refractivity contribution in [2.45, 2.75) is 64.2 Å². The smallest absolute Gasteiger partial charge is 0.167 e. The number of halogens is 3. The average molecular weight is 242 g/mol. The van der Waals surface area contributed by atoms with E-state index in [0.717, 1.165) is 19.3 Å². The van der Waals surface area contributed by atoms with Crippen LogP contribution in [0.4, 0.5) is 13.2 Å². The van der Waals surface area contributed by atoms with Crippen molar-refractivity contribution in [1.29, 1.82) is 0 Å². The van der Waals surface area contributed by atoms with E-state index < -0.39 is 14.5 Å². The Labute approximate surface area is 92.8 Å². The van der Waals surface area contributed by atoms with Crippen molar-refractivity contribution in [2.75, 3.05) is 6.16 Å². The Bertz CT molecular complexity index is 134. The lowest BCUT2D eigenvalue weighted by Crippen LogP contribution is -1.98. The Morgan fingerprint density at radius 1 is 0.800 bits per heavy atom. The molecule has 0 aliphatic heterocycles. The molecule has 0 N–H and O–H groups in total. The SMILES string of the molecule is CCCCCCCCCCPC(F)(F)F. The van der Waals surface area contributed by atoms with Gasteiger partial charge in [0.15, 0.2) is 0 Å². The third-order valence-corrected chi connectivity index (χ3v) is 3.36. The lowest BCUT2D eigenvalue weighted by atomic mass is 10.1. The van der Waals surface area contributed by atoms with Gasteiger partial charge in [-0.05, 0) is 21.2 Å². The largest absolute Gasteiger partial charge is 0.402 e. The summed E-state index contributed by atoms with van der Waals surface area (Å²) in [5.41, 5.74) is 0. The van der Waals surface area contributed by atoms with Crippen LogP contribution >= 0.6 is 8.58 Å². The van der Waals surface area contributed by atoms with E-state index in [-0.39, 0.29) is 0 Å². The standard InChI is InChI=1S/C11H22F3P/c1-2-3-4-5-6-7-8-9-10-15-11(12,13)14/h15H,2-10H2,1H3. The quantitative estimate of drug-likeness (QED) is 0.379. The molecule has 0 aliphatic carbocycles. The third kappa shape index (κ3) is 14.2. The van der Waals surface area contributed by atoms with Crippen molar-refractivity contribution < 1.29 is 13.2 Å². The van der Waals surface area contributed by atoms with Crippen molar-refractivity contribution in [3.63, 3.8) is 0 Å². The van der Waals surface area contributed by atoms with Crippen molar-refractivity contribution in [1.82, 2.24) is 0 Å². The van der Waals surface area contributed by atoms with E-state index in [1.807, 2.05) is 0 Å². The van der Waals surface area contributed by atoms with E-state index in [0.29, 0.717) is 6.16 Å². The molecule has 0 saturated carbocycles. The van der Waals surface area contributed by atoms with Crippen molar-refractivity contribution in [3.05, 3.63) is 0 Å². The maximum Gasteiger partial charge on any atom is 0.402 e. The molecule has 0 aromatic heterocycles. The topological polar surface area (TPSA) is 0 Å². The van der Waals surface area contributed by atoms with Crippen LogP contribution in [-0.2, 0) is 0 Å². The van der Waals surface area contributed by atoms with Crippen LogP contribution in [0.15, 0.2) is 0 Å². The van der Waals surface area contributed by atoms with Gasteiger partial charge in [-0.25, -0.2) is 0 Å². The lowest BCUT2D eigenvalue weighted by Gasteiger charge is -2.05. The summed E-state index contributed by atoms with van der Waals surface area (Å²) in [6.07, 6.45) is 9.39. The Hall–Kier alpha value is 0.220. The van der Waals surface area contributed by atoms with Gasteiger partial charge in [0.2, 0.25) is 0 Å². The molecule has 0 rings (SSSR count). The summed E-state index contributed by atoms with van der Waals surface area (Å²) in [5.74, 6) is -3.93. The minimum atomic E-state index is -3.93. The van der Waals surface area contributed by atoms with Gasteiger partial charge >= 0.3 is 5.92 Å². The zero-order valence-electron chi connectivity index (χ0n) is 9.50. The number of unbranched alkanes of at least 4 members (excludes halogenated alkanes) is 7. The fraction of sp³-hybridized carbons (Fsp3) is 1.00. The molecule has 0 spiro atoms. The normalized spacial score (nSPS) is 12.8. The van der Waals surface area contributed by atoms with Crippen LogP contribution in [0.25, 0.3) is 0 Å². The molecule has 92 valence electrons. The van der Waals surface area contributed by atoms with Gasteiger partial charge in [-0.3, -0.25) is 0 Å². The number of alkyl halides is 3. The highest BCUT2D eigenvalue weighted by Gasteiger charge is 2.25. The maximum atomic E-state index is 11.8. The summed E-state index contributed by atoms with van der Waals surface area (Å²) >= 11 is 0. The van der Waals surface area contributed by atoms with Gasteiger partial charge in [-0.15, -0.1) is 0 Å². The van der Waals surface area contributed by atoms with E-state index in [9.17, 15) is 13.2 Å². The highest BCUT2D eigenvalue weighted by molar-refractivity contribution is 7.39. The van der Waals surface area contributed by atoms with Crippen LogP contribution < -0.4 is 0 Å². The number of hydrogen-bond donors (Lipinski definition) is 0. The molecule has 0 fully saturated rings. The zero-order valence-corrected chi connectivity index (χ0v) is 10.5. The molecular weight excluding hydrogens is 220 g/mol. The Morgan fingerprint density at radius 3 is 1.73 bits per heavy atom. The van der Waals surface area contributed by atoms with Crippen LogP contribution in [0.1, 0.15) is 58.3 Å². The van der Waals surface area contributed by atoms with Crippen LogP contribution in [0.2, 0.25) is 0 Å². The van der Waals surface area contributed by atoms with E-state index in [1.165, 1.54) is 32.1 Å². The molecule has 1 atom stereocenters. The van der Waals surface area contributed by atoms with Crippen LogP contribution in [0, 0.1) is 0 Å². The first kappa shape index (κ1) is 15.2. The molecule has 1 unspecified atom stereocenters. The first-order valence-corrected chi connectivity index (χ1v) is 7.08. The fourth-order valence-corrected chi connectivity index (χ4v) is 2.20. The van der Waals surface area contributed by atoms with Crippen molar-refractivity contribution >= 4 is 8.58 Å². The van der Waals surface area contributed by atoms with Gasteiger partial charge in [0.25, 0.3) is 0 Å². The number of rotatable bonds is 9. The molecule has 0 nitrogen and oxygen atoms in total. The van der Waals surface area contributed by atoms with E-state index >= 15 is 0 Å². The summed E-state index contributed by atoms with van der Waals surface area (Å²) in [7, 11) is -0.846. The minimum Gasteiger partial charge on any atom is -0.167 e. The van der Waals surface area contributed by atoms with Gasteiger partial charge in [0, 0.05) is 0 Å². The minimum absolute atomic E-state index is 0.332. The lowest BCUT2D eigenvalue weighted by molar-refractivity contribution is -0.0371. The van der Waals surface area contributed by atoms with Crippen molar-refractivity contribution in [2.24, 2.45) is 0 Å². The summed E-state index contributed by atoms with van der Waals surface area (Å²) in [6.45, 7) is 2.18. The van der Waals surface area contributed by atoms with Crippen molar-refractivity contribution in [3.8, 4) is 0 Å². The van der Waals surface area contributed by atoms with Crippen LogP contribution in [0.3, 0.4) is 0 Å². The molecule has 4 heteroatoms. The molecule has 0 aromatic carbocycles. The second-order valence-electron chi connectivity index (χ2n) is 3.90. The number of hydrogen-bond acceptors (Lipinski definition) is 0. The Kier molecular flexibility index (Phi) is 9.58. The van der Waals surface area contributed by atoms with Crippen LogP contribution in [0.5, 0.6) is 0 Å². The predicted molar refractivity (Wildman–Crippen MR) is 61.8 cm³/mol. The molecule has 15 heavy (non-hydrogen) atoms. The third-order valence-electron chi connectivity index (χ3n) is 2.36. The molecule has 0 heterocycles. The first-order chi connectivity index (χ1) is 7.06. The molecular formula is C11H22F3P. The Morgan fingerprint density at radius 2 is 1.27 bits per heavy atom. The summed E-state index contributed by atoms with van der Waals surface area (Å²) < 4.78 is 35.3. The predicted octanol–water partition coefficient (Wildman–Crippen LogP) is 5.33. The maximum absolute atomic E-state index is 11.8. The summed E-state index contributed by atoms with van der Waals surface area (Å²) in [5, 5.41) is 0. The molecule has 0 saturated heterocycles. The highest BCUT2D eigenvalue weighted by Crippen LogP contribution is 2.36. The fourth-order valence-electron chi connectivity index (χ4n) is 1.49. The molecule has 0 aromatic rings. The van der Waals surface area contributed by atoms with Gasteiger partial charge in [0.1, 0.15) is 0 Å². The van der Waals surface area contributed by atoms with E-state index in [1.54, 1.807) is 0 Å². The van der Waals surface area contributed by atoms with Gasteiger partial charge in [0.05, 0.1) is 0 Å². The van der Waals surface area contributed by atoms with Gasteiger partial charge < -0.3 is 0 Å². The molecule has 0 aliphatic rings. The monoisotopic (exact) mass is 242 g/mol. The van der Waals surface area contributed by atoms with E-state index in [2.05, 4.69) is 6.92 Å². The second kappa shape index (κ2) is 9.45. The zero-order chi connectivity index (χ0) is 11.6. The highest BCUT2D eigenvalue weighted by atomic mass is 31.1. The summed E-state index contributed by atoms with van der Waals surface area (Å²) in [4.78, 5) is 0. The second-order valence-corrected chi connectivity index (χ2v) is 5.32. The van der Waals surface area contributed by atoms with Crippen LogP contribution in [-0.4, -0.2) is 12.1 Å². The van der Waals surface area contributed by atoms with Gasteiger partial charge in [-0.1, -0.05) is 51.9 Å². The molecule has 0 radical (unpaired) electrons. The van der Waals surface area contributed by atoms with E-state index in [4.69, 9.17) is 0 Å². The summed E-state index contributed by atoms with van der Waals surface area (Å²) in [6, 6.07) is 0.